The molecule has 0 radical (unpaired) electrons. The Balaban J connectivity index is 1.71. The SMILES string of the molecule is CCCCS(=O)(=O)c1nnc(NC(=O)Cc2cccc3ccccc23)s1. The molecule has 8 heteroatoms. The number of nitrogens with one attached hydrogen (secondary N) is 1. The number of hydrogen-bond acceptors (Lipinski definition) is 6. The minimum Gasteiger partial charge on any atom is -0.300 e. The Kier molecular flexibility index (Phi) is 5.63. The van der Waals surface area contributed by atoms with Crippen molar-refractivity contribution in [3.63, 3.8) is 0 Å². The van der Waals surface area contributed by atoms with Crippen molar-refractivity contribution in [2.75, 3.05) is 11.1 Å². The minimum absolute atomic E-state index is 0.0437. The highest BCUT2D eigenvalue weighted by molar-refractivity contribution is 7.93. The quantitative estimate of drug-likeness (QED) is 0.625. The van der Waals surface area contributed by atoms with Gasteiger partial charge in [-0.2, -0.15) is 0 Å². The number of carbonyl (C=O) groups is 1. The third-order valence-corrected chi connectivity index (χ3v) is 7.00. The molecule has 2 aromatic carbocycles. The van der Waals surface area contributed by atoms with E-state index in [-0.39, 0.29) is 27.6 Å². The summed E-state index contributed by atoms with van der Waals surface area (Å²) in [5.41, 5.74) is 0.904. The fourth-order valence-electron chi connectivity index (χ4n) is 2.59. The van der Waals surface area contributed by atoms with Gasteiger partial charge in [0.1, 0.15) is 0 Å². The number of unbranched alkanes of at least 4 members (excludes halogenated alkanes) is 1. The molecule has 0 bridgehead atoms. The molecule has 3 rings (SSSR count). The molecule has 0 spiro atoms. The van der Waals surface area contributed by atoms with Gasteiger partial charge in [0.25, 0.3) is 0 Å². The predicted octanol–water partition coefficient (Wildman–Crippen LogP) is 3.45. The molecule has 0 atom stereocenters. The van der Waals surface area contributed by atoms with Crippen LogP contribution in [-0.4, -0.2) is 30.3 Å². The van der Waals surface area contributed by atoms with E-state index in [0.717, 1.165) is 34.1 Å². The molecule has 0 aliphatic carbocycles. The number of benzene rings is 2. The van der Waals surface area contributed by atoms with E-state index < -0.39 is 9.84 Å². The van der Waals surface area contributed by atoms with Gasteiger partial charge in [-0.15, -0.1) is 10.2 Å². The van der Waals surface area contributed by atoms with Gasteiger partial charge >= 0.3 is 0 Å². The second-order valence-electron chi connectivity index (χ2n) is 5.91. The summed E-state index contributed by atoms with van der Waals surface area (Å²) >= 11 is 0.891. The van der Waals surface area contributed by atoms with Gasteiger partial charge in [-0.1, -0.05) is 67.1 Å². The average molecular weight is 390 g/mol. The van der Waals surface area contributed by atoms with E-state index in [1.807, 2.05) is 49.4 Å². The maximum atomic E-state index is 12.3. The highest BCUT2D eigenvalue weighted by Gasteiger charge is 2.20. The number of anilines is 1. The van der Waals surface area contributed by atoms with Gasteiger partial charge < -0.3 is 5.32 Å². The van der Waals surface area contributed by atoms with E-state index in [1.54, 1.807) is 0 Å². The molecule has 0 saturated heterocycles. The van der Waals surface area contributed by atoms with Crippen LogP contribution in [0, 0.1) is 0 Å². The largest absolute Gasteiger partial charge is 0.300 e. The Bertz CT molecular complexity index is 1020. The summed E-state index contributed by atoms with van der Waals surface area (Å²) in [7, 11) is -3.43. The van der Waals surface area contributed by atoms with Gasteiger partial charge in [0, 0.05) is 0 Å². The first-order valence-corrected chi connectivity index (χ1v) is 10.8. The highest BCUT2D eigenvalue weighted by atomic mass is 32.2. The third-order valence-electron chi connectivity index (χ3n) is 3.92. The lowest BCUT2D eigenvalue weighted by molar-refractivity contribution is -0.115. The van der Waals surface area contributed by atoms with E-state index in [9.17, 15) is 13.2 Å². The molecule has 0 fully saturated rings. The molecule has 0 aliphatic rings. The number of rotatable bonds is 7. The van der Waals surface area contributed by atoms with Gasteiger partial charge in [-0.25, -0.2) is 8.42 Å². The van der Waals surface area contributed by atoms with Gasteiger partial charge in [0.15, 0.2) is 0 Å². The molecule has 136 valence electrons. The summed E-state index contributed by atoms with van der Waals surface area (Å²) in [5.74, 6) is -0.211. The number of nitrogens with zero attached hydrogens (tertiary/aromatic N) is 2. The van der Waals surface area contributed by atoms with E-state index in [2.05, 4.69) is 15.5 Å². The second-order valence-corrected chi connectivity index (χ2v) is 9.17. The van der Waals surface area contributed by atoms with Crippen LogP contribution in [0.25, 0.3) is 10.8 Å². The molecule has 3 aromatic rings. The number of aromatic nitrogens is 2. The summed E-state index contributed by atoms with van der Waals surface area (Å²) in [6.07, 6.45) is 1.54. The Labute approximate surface area is 156 Å². The van der Waals surface area contributed by atoms with Crippen molar-refractivity contribution in [2.24, 2.45) is 0 Å². The smallest absolute Gasteiger partial charge is 0.234 e. The first kappa shape index (κ1) is 18.5. The molecule has 6 nitrogen and oxygen atoms in total. The Hall–Kier alpha value is -2.32. The van der Waals surface area contributed by atoms with Crippen molar-refractivity contribution in [3.8, 4) is 0 Å². The first-order valence-electron chi connectivity index (χ1n) is 8.32. The van der Waals surface area contributed by atoms with Crippen molar-refractivity contribution in [1.82, 2.24) is 10.2 Å². The monoisotopic (exact) mass is 389 g/mol. The van der Waals surface area contributed by atoms with Gasteiger partial charge in [-0.05, 0) is 22.8 Å². The molecular formula is C18H19N3O3S2. The zero-order valence-electron chi connectivity index (χ0n) is 14.3. The van der Waals surface area contributed by atoms with Crippen molar-refractivity contribution < 1.29 is 13.2 Å². The fourth-order valence-corrected chi connectivity index (χ4v) is 5.09. The molecule has 1 heterocycles. The lowest BCUT2D eigenvalue weighted by Gasteiger charge is -2.06. The molecule has 26 heavy (non-hydrogen) atoms. The van der Waals surface area contributed by atoms with Crippen LogP contribution >= 0.6 is 11.3 Å². The Morgan fingerprint density at radius 3 is 2.69 bits per heavy atom. The van der Waals surface area contributed by atoms with Crippen molar-refractivity contribution in [1.29, 1.82) is 0 Å². The van der Waals surface area contributed by atoms with Crippen molar-refractivity contribution >= 4 is 43.0 Å². The molecule has 1 aromatic heterocycles. The van der Waals surface area contributed by atoms with Crippen LogP contribution in [0.2, 0.25) is 0 Å². The van der Waals surface area contributed by atoms with Crippen LogP contribution in [0.4, 0.5) is 5.13 Å². The van der Waals surface area contributed by atoms with E-state index in [4.69, 9.17) is 0 Å². The summed E-state index contributed by atoms with van der Waals surface area (Å²) in [6, 6.07) is 13.7. The summed E-state index contributed by atoms with van der Waals surface area (Å²) in [6.45, 7) is 1.93. The van der Waals surface area contributed by atoms with Crippen LogP contribution in [0.3, 0.4) is 0 Å². The van der Waals surface area contributed by atoms with Gasteiger partial charge in [0.2, 0.25) is 25.2 Å². The topological polar surface area (TPSA) is 89.0 Å². The second kappa shape index (κ2) is 7.92. The van der Waals surface area contributed by atoms with Crippen LogP contribution < -0.4 is 5.32 Å². The number of carbonyl (C=O) groups excluding carboxylic acids is 1. The summed E-state index contributed by atoms with van der Waals surface area (Å²) in [5, 5.41) is 12.4. The minimum atomic E-state index is -3.43. The lowest BCUT2D eigenvalue weighted by atomic mass is 10.0. The van der Waals surface area contributed by atoms with Crippen molar-refractivity contribution in [3.05, 3.63) is 48.0 Å². The molecule has 1 amide bonds. The molecule has 0 aliphatic heterocycles. The van der Waals surface area contributed by atoms with Crippen LogP contribution in [0.5, 0.6) is 0 Å². The standard InChI is InChI=1S/C18H19N3O3S2/c1-2-3-11-26(23,24)18-21-20-17(25-18)19-16(22)12-14-9-6-8-13-7-4-5-10-15(13)14/h4-10H,2-3,11-12H2,1H3,(H,19,20,22). The molecular weight excluding hydrogens is 370 g/mol. The lowest BCUT2D eigenvalue weighted by Crippen LogP contribution is -2.14. The molecule has 1 N–H and O–H groups in total. The zero-order valence-corrected chi connectivity index (χ0v) is 15.9. The maximum Gasteiger partial charge on any atom is 0.234 e. The van der Waals surface area contributed by atoms with E-state index in [1.165, 1.54) is 0 Å². The third kappa shape index (κ3) is 4.25. The number of fused-ring (bicyclic) bond motifs is 1. The van der Waals surface area contributed by atoms with E-state index in [0.29, 0.717) is 6.42 Å². The number of hydrogen-bond donors (Lipinski definition) is 1. The van der Waals surface area contributed by atoms with Crippen LogP contribution in [0.15, 0.2) is 46.8 Å². The van der Waals surface area contributed by atoms with E-state index >= 15 is 0 Å². The Morgan fingerprint density at radius 2 is 1.88 bits per heavy atom. The fraction of sp³-hybridized carbons (Fsp3) is 0.278. The normalized spacial score (nSPS) is 11.6. The Morgan fingerprint density at radius 1 is 1.12 bits per heavy atom. The van der Waals surface area contributed by atoms with Gasteiger partial charge in [-0.3, -0.25) is 4.79 Å². The summed E-state index contributed by atoms with van der Waals surface area (Å²) in [4.78, 5) is 12.3. The van der Waals surface area contributed by atoms with Crippen LogP contribution in [-0.2, 0) is 21.1 Å². The van der Waals surface area contributed by atoms with Crippen LogP contribution in [0.1, 0.15) is 25.3 Å². The molecule has 0 unspecified atom stereocenters. The first-order chi connectivity index (χ1) is 12.5. The van der Waals surface area contributed by atoms with Gasteiger partial charge in [0.05, 0.1) is 12.2 Å². The maximum absolute atomic E-state index is 12.3. The van der Waals surface area contributed by atoms with Crippen molar-refractivity contribution in [2.45, 2.75) is 30.5 Å². The molecule has 0 saturated carbocycles. The predicted molar refractivity (Wildman–Crippen MR) is 103 cm³/mol. The average Bonchev–Trinajstić information content (AvgIpc) is 3.10. The zero-order chi connectivity index (χ0) is 18.6. The number of amides is 1. The summed E-state index contributed by atoms with van der Waals surface area (Å²) < 4.78 is 24.2. The number of sulfone groups is 1. The highest BCUT2D eigenvalue weighted by Crippen LogP contribution is 2.23.